The molecule has 6 nitrogen and oxygen atoms in total. The molecule has 1 aliphatic rings. The van der Waals surface area contributed by atoms with E-state index in [-0.39, 0.29) is 11.8 Å². The first-order chi connectivity index (χ1) is 10.3. The first-order valence-electron chi connectivity index (χ1n) is 7.13. The van der Waals surface area contributed by atoms with E-state index >= 15 is 0 Å². The molecule has 1 amide bonds. The van der Waals surface area contributed by atoms with Crippen LogP contribution in [0, 0.1) is 0 Å². The van der Waals surface area contributed by atoms with Gasteiger partial charge in [0.25, 0.3) is 0 Å². The van der Waals surface area contributed by atoms with E-state index < -0.39 is 11.6 Å². The predicted molar refractivity (Wildman–Crippen MR) is 81.6 cm³/mol. The molecule has 0 atom stereocenters. The molecule has 0 aliphatic carbocycles. The molecule has 1 aliphatic heterocycles. The Bertz CT molecular complexity index is 600. The van der Waals surface area contributed by atoms with Gasteiger partial charge in [0.15, 0.2) is 0 Å². The van der Waals surface area contributed by atoms with Crippen LogP contribution in [-0.2, 0) is 4.74 Å². The Kier molecular flexibility index (Phi) is 4.49. The highest BCUT2D eigenvalue weighted by Crippen LogP contribution is 2.23. The van der Waals surface area contributed by atoms with E-state index in [0.29, 0.717) is 19.5 Å². The van der Waals surface area contributed by atoms with Gasteiger partial charge in [0.2, 0.25) is 0 Å². The van der Waals surface area contributed by atoms with Gasteiger partial charge in [-0.25, -0.2) is 14.6 Å². The lowest BCUT2D eigenvalue weighted by Crippen LogP contribution is -2.39. The number of hydrogen-bond donors (Lipinski definition) is 1. The molecule has 0 saturated carbocycles. The smallest absolute Gasteiger partial charge is 0.410 e. The fourth-order valence-corrected chi connectivity index (χ4v) is 2.13. The van der Waals surface area contributed by atoms with Crippen molar-refractivity contribution < 1.29 is 19.4 Å². The van der Waals surface area contributed by atoms with Crippen molar-refractivity contribution in [1.29, 1.82) is 0 Å². The number of hydrogen-bond acceptors (Lipinski definition) is 4. The molecule has 0 bridgehead atoms. The third-order valence-electron chi connectivity index (χ3n) is 3.21. The predicted octanol–water partition coefficient (Wildman–Crippen LogP) is 2.80. The summed E-state index contributed by atoms with van der Waals surface area (Å²) in [4.78, 5) is 28.3. The molecule has 2 heterocycles. The lowest BCUT2D eigenvalue weighted by atomic mass is 10.0. The SMILES string of the molecule is CC(C)(C)OC(=O)N1CC=C(c2ccc(C(=O)O)nc2)CC1. The summed E-state index contributed by atoms with van der Waals surface area (Å²) < 4.78 is 5.34. The third kappa shape index (κ3) is 4.07. The number of ether oxygens (including phenoxy) is 1. The number of carbonyl (C=O) groups is 2. The third-order valence-corrected chi connectivity index (χ3v) is 3.21. The van der Waals surface area contributed by atoms with E-state index in [1.165, 1.54) is 6.07 Å². The van der Waals surface area contributed by atoms with Crippen LogP contribution in [0.5, 0.6) is 0 Å². The van der Waals surface area contributed by atoms with Gasteiger partial charge in [0.1, 0.15) is 11.3 Å². The van der Waals surface area contributed by atoms with E-state index in [4.69, 9.17) is 9.84 Å². The minimum absolute atomic E-state index is 0.0236. The van der Waals surface area contributed by atoms with Gasteiger partial charge < -0.3 is 14.7 Å². The van der Waals surface area contributed by atoms with E-state index in [1.807, 2.05) is 26.8 Å². The Morgan fingerprint density at radius 2 is 2.05 bits per heavy atom. The molecule has 0 radical (unpaired) electrons. The standard InChI is InChI=1S/C16H20N2O4/c1-16(2,3)22-15(21)18-8-6-11(7-9-18)12-4-5-13(14(19)20)17-10-12/h4-6,10H,7-9H2,1-3H3,(H,19,20). The Morgan fingerprint density at radius 1 is 1.32 bits per heavy atom. The van der Waals surface area contributed by atoms with Crippen molar-refractivity contribution >= 4 is 17.6 Å². The summed E-state index contributed by atoms with van der Waals surface area (Å²) in [6.07, 6.45) is 3.87. The van der Waals surface area contributed by atoms with Crippen LogP contribution in [0.15, 0.2) is 24.4 Å². The van der Waals surface area contributed by atoms with Crippen molar-refractivity contribution in [1.82, 2.24) is 9.88 Å². The molecule has 0 saturated heterocycles. The number of nitrogens with zero attached hydrogens (tertiary/aromatic N) is 2. The molecule has 1 aromatic rings. The average Bonchev–Trinajstić information content (AvgIpc) is 2.46. The van der Waals surface area contributed by atoms with Gasteiger partial charge in [-0.2, -0.15) is 0 Å². The second-order valence-corrected chi connectivity index (χ2v) is 6.14. The Morgan fingerprint density at radius 3 is 2.50 bits per heavy atom. The molecular weight excluding hydrogens is 284 g/mol. The fraction of sp³-hybridized carbons (Fsp3) is 0.438. The van der Waals surface area contributed by atoms with Crippen molar-refractivity contribution in [3.8, 4) is 0 Å². The zero-order valence-electron chi connectivity index (χ0n) is 13.0. The molecule has 1 aromatic heterocycles. The van der Waals surface area contributed by atoms with Crippen molar-refractivity contribution in [3.63, 3.8) is 0 Å². The number of carboxylic acid groups (broad SMARTS) is 1. The van der Waals surface area contributed by atoms with Crippen LogP contribution in [0.3, 0.4) is 0 Å². The van der Waals surface area contributed by atoms with Crippen molar-refractivity contribution in [2.75, 3.05) is 13.1 Å². The Hall–Kier alpha value is -2.37. The van der Waals surface area contributed by atoms with Crippen LogP contribution >= 0.6 is 0 Å². The monoisotopic (exact) mass is 304 g/mol. The van der Waals surface area contributed by atoms with Gasteiger partial charge in [-0.3, -0.25) is 0 Å². The van der Waals surface area contributed by atoms with Gasteiger partial charge in [0, 0.05) is 19.3 Å². The average molecular weight is 304 g/mol. The molecule has 2 rings (SSSR count). The highest BCUT2D eigenvalue weighted by molar-refractivity contribution is 5.85. The summed E-state index contributed by atoms with van der Waals surface area (Å²) in [5, 5.41) is 8.84. The van der Waals surface area contributed by atoms with Crippen molar-refractivity contribution in [2.45, 2.75) is 32.8 Å². The molecule has 0 spiro atoms. The van der Waals surface area contributed by atoms with Crippen LogP contribution in [-0.4, -0.2) is 45.7 Å². The summed E-state index contributed by atoms with van der Waals surface area (Å²) in [6, 6.07) is 3.23. The maximum atomic E-state index is 12.0. The molecular formula is C16H20N2O4. The number of amides is 1. The number of pyridine rings is 1. The summed E-state index contributed by atoms with van der Waals surface area (Å²) >= 11 is 0. The fourth-order valence-electron chi connectivity index (χ4n) is 2.13. The number of aromatic carboxylic acids is 1. The van der Waals surface area contributed by atoms with Crippen LogP contribution in [0.1, 0.15) is 43.2 Å². The Balaban J connectivity index is 2.02. The maximum Gasteiger partial charge on any atom is 0.410 e. The first kappa shape index (κ1) is 16.0. The summed E-state index contributed by atoms with van der Waals surface area (Å²) in [6.45, 7) is 6.57. The van der Waals surface area contributed by atoms with E-state index in [2.05, 4.69) is 4.98 Å². The molecule has 118 valence electrons. The quantitative estimate of drug-likeness (QED) is 0.908. The minimum Gasteiger partial charge on any atom is -0.477 e. The van der Waals surface area contributed by atoms with E-state index in [9.17, 15) is 9.59 Å². The van der Waals surface area contributed by atoms with E-state index in [0.717, 1.165) is 11.1 Å². The van der Waals surface area contributed by atoms with Gasteiger partial charge in [-0.15, -0.1) is 0 Å². The van der Waals surface area contributed by atoms with Crippen LogP contribution in [0.2, 0.25) is 0 Å². The minimum atomic E-state index is -1.04. The molecule has 0 fully saturated rings. The Labute approximate surface area is 129 Å². The normalized spacial score (nSPS) is 15.2. The second-order valence-electron chi connectivity index (χ2n) is 6.14. The lowest BCUT2D eigenvalue weighted by Gasteiger charge is -2.29. The zero-order valence-corrected chi connectivity index (χ0v) is 13.0. The van der Waals surface area contributed by atoms with Crippen molar-refractivity contribution in [2.24, 2.45) is 0 Å². The molecule has 22 heavy (non-hydrogen) atoms. The number of rotatable bonds is 2. The summed E-state index contributed by atoms with van der Waals surface area (Å²) in [5.74, 6) is -1.04. The summed E-state index contributed by atoms with van der Waals surface area (Å²) in [7, 11) is 0. The van der Waals surface area contributed by atoms with E-state index in [1.54, 1.807) is 17.2 Å². The number of carbonyl (C=O) groups excluding carboxylic acids is 1. The first-order valence-corrected chi connectivity index (χ1v) is 7.13. The molecule has 1 N–H and O–H groups in total. The van der Waals surface area contributed by atoms with Gasteiger partial charge in [-0.05, 0) is 44.4 Å². The van der Waals surface area contributed by atoms with Crippen LogP contribution in [0.4, 0.5) is 4.79 Å². The number of aromatic nitrogens is 1. The molecule has 6 heteroatoms. The van der Waals surface area contributed by atoms with Crippen LogP contribution < -0.4 is 0 Å². The molecule has 0 aromatic carbocycles. The lowest BCUT2D eigenvalue weighted by molar-refractivity contribution is 0.0270. The molecule has 0 unspecified atom stereocenters. The largest absolute Gasteiger partial charge is 0.477 e. The highest BCUT2D eigenvalue weighted by atomic mass is 16.6. The summed E-state index contributed by atoms with van der Waals surface area (Å²) in [5.41, 5.74) is 1.46. The van der Waals surface area contributed by atoms with Crippen LogP contribution in [0.25, 0.3) is 5.57 Å². The highest BCUT2D eigenvalue weighted by Gasteiger charge is 2.23. The van der Waals surface area contributed by atoms with Gasteiger partial charge in [0.05, 0.1) is 0 Å². The second kappa shape index (κ2) is 6.17. The maximum absolute atomic E-state index is 12.0. The van der Waals surface area contributed by atoms with Gasteiger partial charge >= 0.3 is 12.1 Å². The number of carboxylic acids is 1. The van der Waals surface area contributed by atoms with Gasteiger partial charge in [-0.1, -0.05) is 12.1 Å². The van der Waals surface area contributed by atoms with Crippen molar-refractivity contribution in [3.05, 3.63) is 35.7 Å². The zero-order chi connectivity index (χ0) is 16.3. The topological polar surface area (TPSA) is 79.7 Å².